The zero-order chi connectivity index (χ0) is 29.8. The molecule has 6 rings (SSSR count). The SMILES string of the molecule is COCCN1C(=O)N(CC(=O)Nc2ccc3c(c2)C[C@@]2(C3)C(=O)Nc3ncccc32)[C@@](C)(c2cc(F)cc(F)c2)C1=O. The van der Waals surface area contributed by atoms with Crippen LogP contribution in [0.2, 0.25) is 0 Å². The van der Waals surface area contributed by atoms with E-state index < -0.39 is 47.0 Å². The smallest absolute Gasteiger partial charge is 0.328 e. The van der Waals surface area contributed by atoms with Gasteiger partial charge in [-0.1, -0.05) is 12.1 Å². The molecule has 3 heterocycles. The average Bonchev–Trinajstić information content (AvgIpc) is 3.52. The molecular weight excluding hydrogens is 548 g/mol. The van der Waals surface area contributed by atoms with E-state index in [1.807, 2.05) is 12.1 Å². The summed E-state index contributed by atoms with van der Waals surface area (Å²) in [6, 6.07) is 10.8. The fourth-order valence-corrected chi connectivity index (χ4v) is 6.21. The van der Waals surface area contributed by atoms with Crippen molar-refractivity contribution in [2.45, 2.75) is 30.7 Å². The fraction of sp³-hybridized carbons (Fsp3) is 0.300. The number of nitrogens with one attached hydrogen (secondary N) is 2. The van der Waals surface area contributed by atoms with E-state index in [2.05, 4.69) is 15.6 Å². The number of ether oxygens (including phenoxy) is 1. The van der Waals surface area contributed by atoms with Gasteiger partial charge in [-0.25, -0.2) is 18.6 Å². The van der Waals surface area contributed by atoms with Crippen LogP contribution < -0.4 is 10.6 Å². The highest BCUT2D eigenvalue weighted by Crippen LogP contribution is 2.47. The number of carbonyl (C=O) groups is 4. The third-order valence-corrected chi connectivity index (χ3v) is 8.37. The van der Waals surface area contributed by atoms with Gasteiger partial charge >= 0.3 is 6.03 Å². The standard InChI is InChI=1S/C30H27F2N5O5/c1-29(19-11-20(31)13-21(32)12-19)27(40)36(8-9-42-2)28(41)37(29)16-24(38)34-22-6-5-17-14-30(15-18(17)10-22)23-4-3-7-33-25(23)35-26(30)39/h3-7,10-13H,8-9,14-16H2,1-2H3,(H,34,38)(H,33,35,39)/t29-,30+/m0/s1. The first-order valence-electron chi connectivity index (χ1n) is 13.3. The lowest BCUT2D eigenvalue weighted by Gasteiger charge is -2.31. The lowest BCUT2D eigenvalue weighted by Crippen LogP contribution is -2.47. The zero-order valence-electron chi connectivity index (χ0n) is 22.9. The van der Waals surface area contributed by atoms with Crippen LogP contribution in [0, 0.1) is 11.6 Å². The van der Waals surface area contributed by atoms with Crippen molar-refractivity contribution in [2.24, 2.45) is 0 Å². The Hall–Kier alpha value is -4.71. The molecule has 10 nitrogen and oxygen atoms in total. The summed E-state index contributed by atoms with van der Waals surface area (Å²) < 4.78 is 33.4. The molecule has 2 aliphatic heterocycles. The van der Waals surface area contributed by atoms with E-state index in [0.717, 1.165) is 38.6 Å². The Bertz CT molecular complexity index is 1640. The molecule has 1 saturated heterocycles. The van der Waals surface area contributed by atoms with Crippen LogP contribution in [-0.2, 0) is 42.9 Å². The first kappa shape index (κ1) is 27.5. The first-order valence-corrected chi connectivity index (χ1v) is 13.3. The summed E-state index contributed by atoms with van der Waals surface area (Å²) in [5.74, 6) is -2.76. The average molecular weight is 576 g/mol. The van der Waals surface area contributed by atoms with Crippen LogP contribution in [0.5, 0.6) is 0 Å². The topological polar surface area (TPSA) is 121 Å². The lowest BCUT2D eigenvalue weighted by atomic mass is 9.79. The van der Waals surface area contributed by atoms with E-state index in [0.29, 0.717) is 30.4 Å². The normalized spacial score (nSPS) is 22.5. The Morgan fingerprint density at radius 2 is 1.81 bits per heavy atom. The molecule has 5 amide bonds. The van der Waals surface area contributed by atoms with Crippen LogP contribution >= 0.6 is 0 Å². The Morgan fingerprint density at radius 1 is 1.07 bits per heavy atom. The molecule has 1 aromatic heterocycles. The summed E-state index contributed by atoms with van der Waals surface area (Å²) in [4.78, 5) is 59.3. The number of amides is 5. The quantitative estimate of drug-likeness (QED) is 0.418. The molecule has 1 fully saturated rings. The fourth-order valence-electron chi connectivity index (χ4n) is 6.21. The molecule has 42 heavy (non-hydrogen) atoms. The number of fused-ring (bicyclic) bond motifs is 3. The van der Waals surface area contributed by atoms with Crippen molar-refractivity contribution in [3.8, 4) is 0 Å². The van der Waals surface area contributed by atoms with Gasteiger partial charge in [0.1, 0.15) is 29.5 Å². The number of anilines is 2. The van der Waals surface area contributed by atoms with Crippen molar-refractivity contribution in [1.82, 2.24) is 14.8 Å². The number of halogens is 2. The van der Waals surface area contributed by atoms with E-state index in [-0.39, 0.29) is 24.6 Å². The molecule has 1 aliphatic carbocycles. The molecular formula is C30H27F2N5O5. The van der Waals surface area contributed by atoms with Crippen LogP contribution in [0.1, 0.15) is 29.2 Å². The largest absolute Gasteiger partial charge is 0.383 e. The number of hydrogen-bond donors (Lipinski definition) is 2. The molecule has 0 saturated carbocycles. The predicted octanol–water partition coefficient (Wildman–Crippen LogP) is 3.11. The van der Waals surface area contributed by atoms with Gasteiger partial charge in [-0.15, -0.1) is 0 Å². The molecule has 2 aromatic carbocycles. The van der Waals surface area contributed by atoms with Crippen molar-refractivity contribution in [2.75, 3.05) is 37.4 Å². The van der Waals surface area contributed by atoms with Gasteiger partial charge in [0.15, 0.2) is 0 Å². The minimum Gasteiger partial charge on any atom is -0.383 e. The number of imide groups is 1. The van der Waals surface area contributed by atoms with Crippen molar-refractivity contribution in [1.29, 1.82) is 0 Å². The second-order valence-electron chi connectivity index (χ2n) is 10.9. The maximum absolute atomic E-state index is 14.2. The monoisotopic (exact) mass is 575 g/mol. The molecule has 2 atom stereocenters. The number of urea groups is 1. The van der Waals surface area contributed by atoms with E-state index in [9.17, 15) is 28.0 Å². The molecule has 3 aromatic rings. The highest BCUT2D eigenvalue weighted by atomic mass is 19.1. The van der Waals surface area contributed by atoms with Crippen molar-refractivity contribution < 1.29 is 32.7 Å². The number of carbonyl (C=O) groups excluding carboxylic acids is 4. The van der Waals surface area contributed by atoms with Crippen LogP contribution in [0.15, 0.2) is 54.7 Å². The first-order chi connectivity index (χ1) is 20.1. The summed E-state index contributed by atoms with van der Waals surface area (Å²) in [5, 5.41) is 5.63. The molecule has 3 aliphatic rings. The Balaban J connectivity index is 1.25. The number of rotatable bonds is 7. The Morgan fingerprint density at radius 3 is 2.55 bits per heavy atom. The van der Waals surface area contributed by atoms with Crippen molar-refractivity contribution in [3.05, 3.63) is 88.6 Å². The highest BCUT2D eigenvalue weighted by molar-refractivity contribution is 6.09. The summed E-state index contributed by atoms with van der Waals surface area (Å²) in [5.41, 5.74) is 0.413. The highest BCUT2D eigenvalue weighted by Gasteiger charge is 2.56. The van der Waals surface area contributed by atoms with Gasteiger partial charge in [0.25, 0.3) is 5.91 Å². The van der Waals surface area contributed by atoms with Crippen LogP contribution in [0.4, 0.5) is 25.1 Å². The van der Waals surface area contributed by atoms with Gasteiger partial charge in [-0.05, 0) is 66.8 Å². The molecule has 1 spiro atoms. The number of pyridine rings is 1. The number of benzene rings is 2. The van der Waals surface area contributed by atoms with Crippen LogP contribution in [0.3, 0.4) is 0 Å². The number of methoxy groups -OCH3 is 1. The van der Waals surface area contributed by atoms with Crippen LogP contribution in [-0.4, -0.2) is 65.3 Å². The maximum Gasteiger partial charge on any atom is 0.328 e. The minimum absolute atomic E-state index is 0.0419. The number of nitrogens with zero attached hydrogens (tertiary/aromatic N) is 3. The third kappa shape index (κ3) is 4.21. The summed E-state index contributed by atoms with van der Waals surface area (Å²) in [6.45, 7) is 0.736. The van der Waals surface area contributed by atoms with E-state index in [1.165, 1.54) is 14.0 Å². The van der Waals surface area contributed by atoms with Gasteiger partial charge in [-0.2, -0.15) is 0 Å². The molecule has 2 N–H and O–H groups in total. The van der Waals surface area contributed by atoms with E-state index in [4.69, 9.17) is 4.74 Å². The van der Waals surface area contributed by atoms with Gasteiger partial charge in [0.05, 0.1) is 18.6 Å². The summed E-state index contributed by atoms with van der Waals surface area (Å²) in [6.07, 6.45) is 2.54. The molecule has 0 bridgehead atoms. The van der Waals surface area contributed by atoms with Gasteiger partial charge in [0.2, 0.25) is 11.8 Å². The number of aromatic nitrogens is 1. The second kappa shape index (κ2) is 9.98. The Kier molecular flexibility index (Phi) is 6.53. The zero-order valence-corrected chi connectivity index (χ0v) is 22.9. The third-order valence-electron chi connectivity index (χ3n) is 8.37. The van der Waals surface area contributed by atoms with Crippen molar-refractivity contribution >= 4 is 35.3 Å². The second-order valence-corrected chi connectivity index (χ2v) is 10.9. The minimum atomic E-state index is -1.84. The summed E-state index contributed by atoms with van der Waals surface area (Å²) >= 11 is 0. The maximum atomic E-state index is 14.2. The van der Waals surface area contributed by atoms with E-state index in [1.54, 1.807) is 24.4 Å². The number of hydrogen-bond acceptors (Lipinski definition) is 6. The molecule has 0 radical (unpaired) electrons. The Labute approximate surface area is 239 Å². The van der Waals surface area contributed by atoms with Gasteiger partial charge in [-0.3, -0.25) is 24.2 Å². The lowest BCUT2D eigenvalue weighted by molar-refractivity contribution is -0.133. The van der Waals surface area contributed by atoms with Gasteiger partial charge in [0, 0.05) is 30.6 Å². The molecule has 12 heteroatoms. The van der Waals surface area contributed by atoms with Crippen molar-refractivity contribution in [3.63, 3.8) is 0 Å². The summed E-state index contributed by atoms with van der Waals surface area (Å²) in [7, 11) is 1.41. The van der Waals surface area contributed by atoms with Gasteiger partial charge < -0.3 is 15.4 Å². The molecule has 0 unspecified atom stereocenters. The molecule has 216 valence electrons. The predicted molar refractivity (Wildman–Crippen MR) is 146 cm³/mol. The van der Waals surface area contributed by atoms with Crippen LogP contribution in [0.25, 0.3) is 0 Å². The van der Waals surface area contributed by atoms with E-state index >= 15 is 0 Å².